The van der Waals surface area contributed by atoms with Crippen LogP contribution >= 0.6 is 46.4 Å². The monoisotopic (exact) mass is 512 g/mol. The molecule has 0 atom stereocenters. The Morgan fingerprint density at radius 2 is 1.53 bits per heavy atom. The third kappa shape index (κ3) is 5.72. The molecule has 0 unspecified atom stereocenters. The van der Waals surface area contributed by atoms with Crippen molar-refractivity contribution in [3.05, 3.63) is 85.7 Å². The molecule has 32 heavy (non-hydrogen) atoms. The molecule has 4 rings (SSSR count). The molecule has 2 heterocycles. The number of carbonyl (C=O) groups is 1. The zero-order valence-corrected chi connectivity index (χ0v) is 20.0. The smallest absolute Gasteiger partial charge is 0.289 e. The number of hydrogen-bond acceptors (Lipinski definition) is 4. The first-order valence-corrected chi connectivity index (χ1v) is 11.5. The van der Waals surface area contributed by atoms with E-state index in [9.17, 15) is 4.79 Å². The van der Waals surface area contributed by atoms with Crippen molar-refractivity contribution in [3.8, 4) is 5.75 Å². The van der Waals surface area contributed by atoms with Crippen molar-refractivity contribution in [2.45, 2.75) is 13.2 Å². The first-order valence-electron chi connectivity index (χ1n) is 10.0. The minimum atomic E-state index is -0.134. The number of hydrogen-bond donors (Lipinski definition) is 0. The second-order valence-electron chi connectivity index (χ2n) is 7.45. The van der Waals surface area contributed by atoms with Gasteiger partial charge >= 0.3 is 0 Å². The number of benzene rings is 2. The zero-order chi connectivity index (χ0) is 22.7. The van der Waals surface area contributed by atoms with Crippen molar-refractivity contribution in [3.63, 3.8) is 0 Å². The van der Waals surface area contributed by atoms with Crippen molar-refractivity contribution < 1.29 is 13.9 Å². The van der Waals surface area contributed by atoms with Crippen LogP contribution in [0.4, 0.5) is 0 Å². The van der Waals surface area contributed by atoms with Gasteiger partial charge in [0.15, 0.2) is 11.5 Å². The van der Waals surface area contributed by atoms with Crippen LogP contribution in [-0.4, -0.2) is 41.9 Å². The number of carbonyl (C=O) groups excluding carboxylic acids is 1. The molecule has 1 aliphatic rings. The van der Waals surface area contributed by atoms with Gasteiger partial charge in [0.2, 0.25) is 0 Å². The average molecular weight is 514 g/mol. The van der Waals surface area contributed by atoms with Crippen LogP contribution < -0.4 is 4.74 Å². The molecule has 1 aromatic heterocycles. The van der Waals surface area contributed by atoms with Crippen LogP contribution in [0.15, 0.2) is 52.9 Å². The molecule has 1 fully saturated rings. The van der Waals surface area contributed by atoms with Crippen molar-refractivity contribution in [1.29, 1.82) is 0 Å². The molecule has 1 aliphatic heterocycles. The lowest BCUT2D eigenvalue weighted by Crippen LogP contribution is -2.48. The van der Waals surface area contributed by atoms with Gasteiger partial charge in [-0.15, -0.1) is 0 Å². The molecule has 0 spiro atoms. The van der Waals surface area contributed by atoms with E-state index in [4.69, 9.17) is 55.6 Å². The SMILES string of the molecule is O=C(c1ccc(COc2c(Cl)cc(Cl)cc2Cl)o1)N1CCN(Cc2ccc(Cl)cc2)CC1. The molecule has 168 valence electrons. The van der Waals surface area contributed by atoms with Gasteiger partial charge in [-0.05, 0) is 42.0 Å². The zero-order valence-electron chi connectivity index (χ0n) is 17.0. The Morgan fingerprint density at radius 1 is 0.875 bits per heavy atom. The predicted octanol–water partition coefficient (Wildman–Crippen LogP) is 6.43. The lowest BCUT2D eigenvalue weighted by atomic mass is 10.2. The minimum Gasteiger partial charge on any atom is -0.483 e. The van der Waals surface area contributed by atoms with Gasteiger partial charge < -0.3 is 14.1 Å². The molecule has 0 aliphatic carbocycles. The molecule has 9 heteroatoms. The number of halogens is 4. The van der Waals surface area contributed by atoms with E-state index in [1.165, 1.54) is 5.56 Å². The number of amides is 1. The highest BCUT2D eigenvalue weighted by molar-refractivity contribution is 6.40. The summed E-state index contributed by atoms with van der Waals surface area (Å²) in [5, 5.41) is 1.77. The maximum absolute atomic E-state index is 12.8. The third-order valence-electron chi connectivity index (χ3n) is 5.17. The summed E-state index contributed by atoms with van der Waals surface area (Å²) < 4.78 is 11.4. The molecular formula is C23H20Cl4N2O3. The van der Waals surface area contributed by atoms with Crippen LogP contribution in [0.25, 0.3) is 0 Å². The Labute approximate surface area is 206 Å². The summed E-state index contributed by atoms with van der Waals surface area (Å²) in [6, 6.07) is 14.3. The number of rotatable bonds is 6. The molecule has 5 nitrogen and oxygen atoms in total. The molecule has 2 aromatic carbocycles. The topological polar surface area (TPSA) is 45.9 Å². The maximum atomic E-state index is 12.8. The molecule has 1 saturated heterocycles. The molecule has 3 aromatic rings. The van der Waals surface area contributed by atoms with Gasteiger partial charge in [0.05, 0.1) is 10.0 Å². The lowest BCUT2D eigenvalue weighted by Gasteiger charge is -2.34. The fourth-order valence-corrected chi connectivity index (χ4v) is 4.55. The largest absolute Gasteiger partial charge is 0.483 e. The second-order valence-corrected chi connectivity index (χ2v) is 9.14. The molecule has 0 radical (unpaired) electrons. The quantitative estimate of drug-likeness (QED) is 0.381. The van der Waals surface area contributed by atoms with E-state index in [1.807, 2.05) is 24.3 Å². The number of furan rings is 1. The molecule has 0 saturated carbocycles. The van der Waals surface area contributed by atoms with E-state index >= 15 is 0 Å². The van der Waals surface area contributed by atoms with E-state index in [1.54, 1.807) is 29.2 Å². The normalized spacial score (nSPS) is 14.6. The highest BCUT2D eigenvalue weighted by Crippen LogP contribution is 2.36. The van der Waals surface area contributed by atoms with Gasteiger partial charge in [0.1, 0.15) is 12.4 Å². The Kier molecular flexibility index (Phi) is 7.54. The first kappa shape index (κ1) is 23.3. The van der Waals surface area contributed by atoms with Crippen molar-refractivity contribution >= 4 is 52.3 Å². The van der Waals surface area contributed by atoms with Crippen molar-refractivity contribution in [2.24, 2.45) is 0 Å². The van der Waals surface area contributed by atoms with E-state index in [2.05, 4.69) is 4.90 Å². The van der Waals surface area contributed by atoms with E-state index in [-0.39, 0.29) is 18.3 Å². The van der Waals surface area contributed by atoms with E-state index in [0.717, 1.165) is 24.7 Å². The third-order valence-corrected chi connectivity index (χ3v) is 6.20. The van der Waals surface area contributed by atoms with E-state index in [0.29, 0.717) is 39.7 Å². The summed E-state index contributed by atoms with van der Waals surface area (Å²) in [6.45, 7) is 3.77. The Hall–Kier alpha value is -1.89. The van der Waals surface area contributed by atoms with Gasteiger partial charge in [-0.25, -0.2) is 0 Å². The summed E-state index contributed by atoms with van der Waals surface area (Å²) in [6.07, 6.45) is 0. The van der Waals surface area contributed by atoms with Gasteiger partial charge in [0, 0.05) is 42.8 Å². The summed E-state index contributed by atoms with van der Waals surface area (Å²) in [4.78, 5) is 17.0. The lowest BCUT2D eigenvalue weighted by molar-refractivity contribution is 0.0594. The number of ether oxygens (including phenoxy) is 1. The maximum Gasteiger partial charge on any atom is 0.289 e. The molecule has 0 N–H and O–H groups in total. The fourth-order valence-electron chi connectivity index (χ4n) is 3.49. The fraction of sp³-hybridized carbons (Fsp3) is 0.261. The van der Waals surface area contributed by atoms with Crippen LogP contribution in [0.3, 0.4) is 0 Å². The van der Waals surface area contributed by atoms with Crippen LogP contribution in [0.1, 0.15) is 21.9 Å². The van der Waals surface area contributed by atoms with Crippen LogP contribution in [0, 0.1) is 0 Å². The summed E-state index contributed by atoms with van der Waals surface area (Å²) >= 11 is 24.1. The summed E-state index contributed by atoms with van der Waals surface area (Å²) in [5.74, 6) is 0.962. The highest BCUT2D eigenvalue weighted by atomic mass is 35.5. The highest BCUT2D eigenvalue weighted by Gasteiger charge is 2.24. The molecule has 0 bridgehead atoms. The number of nitrogens with zero attached hydrogens (tertiary/aromatic N) is 2. The Bertz CT molecular complexity index is 1070. The first-order chi connectivity index (χ1) is 15.4. The van der Waals surface area contributed by atoms with E-state index < -0.39 is 0 Å². The van der Waals surface area contributed by atoms with Gasteiger partial charge in [-0.1, -0.05) is 58.5 Å². The minimum absolute atomic E-state index is 0.0865. The van der Waals surface area contributed by atoms with Crippen molar-refractivity contribution in [2.75, 3.05) is 26.2 Å². The standard InChI is InChI=1S/C23H20Cl4N2O3/c24-16-3-1-15(2-4-16)13-28-7-9-29(10-8-28)23(30)21-6-5-18(32-21)14-31-22-19(26)11-17(25)12-20(22)27/h1-6,11-12H,7-10,13-14H2. The van der Waals surface area contributed by atoms with Crippen LogP contribution in [0.5, 0.6) is 5.75 Å². The second kappa shape index (κ2) is 10.4. The van der Waals surface area contributed by atoms with Gasteiger partial charge in [-0.3, -0.25) is 9.69 Å². The summed E-state index contributed by atoms with van der Waals surface area (Å²) in [5.41, 5.74) is 1.20. The number of piperazine rings is 1. The van der Waals surface area contributed by atoms with Gasteiger partial charge in [0.25, 0.3) is 5.91 Å². The van der Waals surface area contributed by atoms with Crippen LogP contribution in [0.2, 0.25) is 20.1 Å². The molecule has 1 amide bonds. The Balaban J connectivity index is 1.30. The average Bonchev–Trinajstić information content (AvgIpc) is 3.24. The van der Waals surface area contributed by atoms with Crippen LogP contribution in [-0.2, 0) is 13.2 Å². The molecular weight excluding hydrogens is 494 g/mol. The Morgan fingerprint density at radius 3 is 2.19 bits per heavy atom. The predicted molar refractivity (Wildman–Crippen MR) is 127 cm³/mol. The van der Waals surface area contributed by atoms with Gasteiger partial charge in [-0.2, -0.15) is 0 Å². The summed E-state index contributed by atoms with van der Waals surface area (Å²) in [7, 11) is 0. The van der Waals surface area contributed by atoms with Crippen molar-refractivity contribution in [1.82, 2.24) is 9.80 Å².